The van der Waals surface area contributed by atoms with Crippen LogP contribution in [0.5, 0.6) is 5.75 Å². The van der Waals surface area contributed by atoms with Gasteiger partial charge in [0.05, 0.1) is 10.8 Å². The van der Waals surface area contributed by atoms with Gasteiger partial charge in [-0.15, -0.1) is 10.2 Å². The van der Waals surface area contributed by atoms with Gasteiger partial charge in [0.2, 0.25) is 0 Å². The van der Waals surface area contributed by atoms with Crippen LogP contribution in [0.15, 0.2) is 90.1 Å². The molecule has 0 saturated carbocycles. The first-order valence-corrected chi connectivity index (χ1v) is 10.7. The quantitative estimate of drug-likeness (QED) is 0.271. The molecule has 0 radical (unpaired) electrons. The summed E-state index contributed by atoms with van der Waals surface area (Å²) >= 11 is 7.53. The second-order valence-electron chi connectivity index (χ2n) is 6.37. The van der Waals surface area contributed by atoms with E-state index in [9.17, 15) is 4.79 Å². The van der Waals surface area contributed by atoms with Crippen LogP contribution < -0.4 is 4.74 Å². The van der Waals surface area contributed by atoms with E-state index in [4.69, 9.17) is 16.3 Å². The molecular weight excluding hydrogens is 418 g/mol. The Balaban J connectivity index is 1.56. The Morgan fingerprint density at radius 1 is 0.900 bits per heavy atom. The van der Waals surface area contributed by atoms with Gasteiger partial charge in [-0.25, -0.2) is 0 Å². The van der Waals surface area contributed by atoms with Crippen LogP contribution in [0.4, 0.5) is 0 Å². The van der Waals surface area contributed by atoms with Crippen molar-refractivity contribution in [3.8, 4) is 11.4 Å². The number of para-hydroxylation sites is 2. The summed E-state index contributed by atoms with van der Waals surface area (Å²) in [7, 11) is 0. The minimum Gasteiger partial charge on any atom is -0.484 e. The summed E-state index contributed by atoms with van der Waals surface area (Å²) in [6, 6.07) is 26.3. The van der Waals surface area contributed by atoms with Crippen LogP contribution in [0.3, 0.4) is 0 Å². The Morgan fingerprint density at radius 3 is 2.30 bits per heavy atom. The van der Waals surface area contributed by atoms with Gasteiger partial charge in [0, 0.05) is 11.3 Å². The first kappa shape index (κ1) is 20.2. The lowest BCUT2D eigenvalue weighted by Gasteiger charge is -2.11. The molecule has 0 amide bonds. The molecule has 4 aromatic rings. The maximum absolute atomic E-state index is 12.5. The molecule has 7 heteroatoms. The molecule has 0 bridgehead atoms. The molecule has 0 unspecified atom stereocenters. The summed E-state index contributed by atoms with van der Waals surface area (Å²) in [5.74, 6) is 1.50. The number of Topliss-reactive ketones (excluding diaryl/α,β-unsaturated/α-hetero) is 1. The Labute approximate surface area is 183 Å². The zero-order chi connectivity index (χ0) is 20.8. The van der Waals surface area contributed by atoms with Crippen LogP contribution in [-0.4, -0.2) is 26.3 Å². The van der Waals surface area contributed by atoms with E-state index in [0.29, 0.717) is 27.3 Å². The van der Waals surface area contributed by atoms with Gasteiger partial charge in [-0.3, -0.25) is 9.36 Å². The Morgan fingerprint density at radius 2 is 1.57 bits per heavy atom. The fraction of sp³-hybridized carbons (Fsp3) is 0.0870. The molecule has 3 aromatic carbocycles. The molecule has 1 heterocycles. The highest BCUT2D eigenvalue weighted by molar-refractivity contribution is 7.99. The summed E-state index contributed by atoms with van der Waals surface area (Å²) < 4.78 is 7.76. The van der Waals surface area contributed by atoms with Crippen LogP contribution in [0.1, 0.15) is 16.2 Å². The number of hydrogen-bond acceptors (Lipinski definition) is 5. The lowest BCUT2D eigenvalue weighted by molar-refractivity contribution is 0.102. The molecule has 4 rings (SSSR count). The molecule has 0 aliphatic carbocycles. The van der Waals surface area contributed by atoms with Crippen LogP contribution >= 0.6 is 23.4 Å². The maximum atomic E-state index is 12.5. The standard InChI is InChI=1S/C23H18ClN3O2S/c24-19-13-7-8-14-21(19)29-15-22-25-26-23(27(22)18-11-5-2-6-12-18)30-16-20(28)17-9-3-1-4-10-17/h1-14H,15-16H2. The van der Waals surface area contributed by atoms with Crippen LogP contribution in [-0.2, 0) is 6.61 Å². The van der Waals surface area contributed by atoms with Crippen molar-refractivity contribution in [2.45, 2.75) is 11.8 Å². The highest BCUT2D eigenvalue weighted by atomic mass is 35.5. The van der Waals surface area contributed by atoms with Gasteiger partial charge >= 0.3 is 0 Å². The first-order chi connectivity index (χ1) is 14.7. The third-order valence-corrected chi connectivity index (χ3v) is 5.58. The highest BCUT2D eigenvalue weighted by Crippen LogP contribution is 2.26. The van der Waals surface area contributed by atoms with E-state index in [1.165, 1.54) is 11.8 Å². The summed E-state index contributed by atoms with van der Waals surface area (Å²) in [6.07, 6.45) is 0. The number of benzene rings is 3. The van der Waals surface area contributed by atoms with Crippen molar-refractivity contribution in [2.75, 3.05) is 5.75 Å². The van der Waals surface area contributed by atoms with E-state index in [-0.39, 0.29) is 18.1 Å². The number of carbonyl (C=O) groups is 1. The summed E-state index contributed by atoms with van der Waals surface area (Å²) in [4.78, 5) is 12.5. The topological polar surface area (TPSA) is 57.0 Å². The first-order valence-electron chi connectivity index (χ1n) is 9.30. The van der Waals surface area contributed by atoms with Crippen molar-refractivity contribution >= 4 is 29.1 Å². The smallest absolute Gasteiger partial charge is 0.196 e. The van der Waals surface area contributed by atoms with Crippen molar-refractivity contribution in [2.24, 2.45) is 0 Å². The third kappa shape index (κ3) is 4.72. The summed E-state index contributed by atoms with van der Waals surface area (Å²) in [5, 5.41) is 9.77. The van der Waals surface area contributed by atoms with Crippen molar-refractivity contribution in [3.05, 3.63) is 101 Å². The minimum atomic E-state index is 0.0390. The van der Waals surface area contributed by atoms with Crippen LogP contribution in [0.2, 0.25) is 5.02 Å². The molecule has 0 spiro atoms. The van der Waals surface area contributed by atoms with Gasteiger partial charge in [0.25, 0.3) is 0 Å². The van der Waals surface area contributed by atoms with E-state index in [2.05, 4.69) is 10.2 Å². The lowest BCUT2D eigenvalue weighted by Crippen LogP contribution is -2.08. The third-order valence-electron chi connectivity index (χ3n) is 4.34. The number of carbonyl (C=O) groups excluding carboxylic acids is 1. The largest absolute Gasteiger partial charge is 0.484 e. The number of thioether (sulfide) groups is 1. The van der Waals surface area contributed by atoms with E-state index in [0.717, 1.165) is 5.69 Å². The normalized spacial score (nSPS) is 10.7. The Kier molecular flexibility index (Phi) is 6.47. The van der Waals surface area contributed by atoms with E-state index >= 15 is 0 Å². The Bertz CT molecular complexity index is 1130. The average Bonchev–Trinajstić information content (AvgIpc) is 3.21. The number of rotatable bonds is 8. The second-order valence-corrected chi connectivity index (χ2v) is 7.72. The monoisotopic (exact) mass is 435 g/mol. The van der Waals surface area contributed by atoms with Gasteiger partial charge in [0.15, 0.2) is 16.8 Å². The number of hydrogen-bond donors (Lipinski definition) is 0. The molecule has 1 aromatic heterocycles. The zero-order valence-electron chi connectivity index (χ0n) is 15.9. The van der Waals surface area contributed by atoms with Crippen molar-refractivity contribution in [3.63, 3.8) is 0 Å². The van der Waals surface area contributed by atoms with Crippen molar-refractivity contribution in [1.29, 1.82) is 0 Å². The Hall–Kier alpha value is -3.09. The predicted molar refractivity (Wildman–Crippen MR) is 119 cm³/mol. The molecule has 0 N–H and O–H groups in total. The highest BCUT2D eigenvalue weighted by Gasteiger charge is 2.17. The second kappa shape index (κ2) is 9.61. The summed E-state index contributed by atoms with van der Waals surface area (Å²) in [6.45, 7) is 0.193. The van der Waals surface area contributed by atoms with E-state index < -0.39 is 0 Å². The molecule has 30 heavy (non-hydrogen) atoms. The number of aromatic nitrogens is 3. The zero-order valence-corrected chi connectivity index (χ0v) is 17.5. The van der Waals surface area contributed by atoms with Crippen LogP contribution in [0.25, 0.3) is 5.69 Å². The fourth-order valence-electron chi connectivity index (χ4n) is 2.87. The number of nitrogens with zero attached hydrogens (tertiary/aromatic N) is 3. The molecular formula is C23H18ClN3O2S. The summed E-state index contributed by atoms with van der Waals surface area (Å²) in [5.41, 5.74) is 1.58. The predicted octanol–water partition coefficient (Wildman–Crippen LogP) is 5.47. The average molecular weight is 436 g/mol. The number of ether oxygens (including phenoxy) is 1. The minimum absolute atomic E-state index is 0.0390. The lowest BCUT2D eigenvalue weighted by atomic mass is 10.2. The van der Waals surface area contributed by atoms with Crippen molar-refractivity contribution < 1.29 is 9.53 Å². The SMILES string of the molecule is O=C(CSc1nnc(COc2ccccc2Cl)n1-c1ccccc1)c1ccccc1. The number of halogens is 1. The molecule has 0 fully saturated rings. The number of ketones is 1. The molecule has 150 valence electrons. The van der Waals surface area contributed by atoms with Gasteiger partial charge in [0.1, 0.15) is 12.4 Å². The molecule has 5 nitrogen and oxygen atoms in total. The van der Waals surface area contributed by atoms with E-state index in [1.807, 2.05) is 77.4 Å². The fourth-order valence-corrected chi connectivity index (χ4v) is 3.92. The van der Waals surface area contributed by atoms with Crippen LogP contribution in [0, 0.1) is 0 Å². The van der Waals surface area contributed by atoms with Gasteiger partial charge in [-0.1, -0.05) is 84.0 Å². The van der Waals surface area contributed by atoms with Gasteiger partial charge in [-0.2, -0.15) is 0 Å². The maximum Gasteiger partial charge on any atom is 0.196 e. The van der Waals surface area contributed by atoms with E-state index in [1.54, 1.807) is 12.1 Å². The molecule has 0 aliphatic heterocycles. The molecule has 0 saturated heterocycles. The molecule has 0 aliphatic rings. The van der Waals surface area contributed by atoms with Gasteiger partial charge in [-0.05, 0) is 24.3 Å². The molecule has 0 atom stereocenters. The van der Waals surface area contributed by atoms with Crippen molar-refractivity contribution in [1.82, 2.24) is 14.8 Å². The van der Waals surface area contributed by atoms with Gasteiger partial charge < -0.3 is 4.74 Å².